The zero-order valence-corrected chi connectivity index (χ0v) is 16.6. The molecule has 0 aliphatic carbocycles. The molecule has 1 amide bonds. The van der Waals surface area contributed by atoms with Gasteiger partial charge in [-0.2, -0.15) is 0 Å². The van der Waals surface area contributed by atoms with E-state index in [1.807, 2.05) is 23.1 Å². The van der Waals surface area contributed by atoms with Crippen molar-refractivity contribution in [2.75, 3.05) is 38.8 Å². The van der Waals surface area contributed by atoms with E-state index in [1.165, 1.54) is 11.1 Å². The number of carbonyl (C=O) groups is 1. The molecule has 0 N–H and O–H groups in total. The van der Waals surface area contributed by atoms with Gasteiger partial charge in [-0.3, -0.25) is 4.79 Å². The molecule has 3 rings (SSSR count). The maximum absolute atomic E-state index is 12.9. The normalized spacial score (nSPS) is 13.1. The molecule has 0 atom stereocenters. The minimum absolute atomic E-state index is 0.152. The lowest BCUT2D eigenvalue weighted by Gasteiger charge is -2.32. The maximum atomic E-state index is 12.9. The van der Waals surface area contributed by atoms with Crippen molar-refractivity contribution >= 4 is 11.6 Å². The molecule has 2 aromatic rings. The average molecular weight is 368 g/mol. The Hall–Kier alpha value is -2.69. The zero-order valence-electron chi connectivity index (χ0n) is 16.6. The molecule has 27 heavy (non-hydrogen) atoms. The first-order valence-electron chi connectivity index (χ1n) is 9.38. The zero-order chi connectivity index (χ0) is 19.4. The van der Waals surface area contributed by atoms with Crippen molar-refractivity contribution in [3.8, 4) is 11.5 Å². The van der Waals surface area contributed by atoms with Crippen molar-refractivity contribution in [3.05, 3.63) is 53.1 Å². The highest BCUT2D eigenvalue weighted by Crippen LogP contribution is 2.33. The molecule has 0 aromatic heterocycles. The Morgan fingerprint density at radius 3 is 2.44 bits per heavy atom. The predicted octanol–water partition coefficient (Wildman–Crippen LogP) is 3.42. The number of ether oxygens (including phenoxy) is 2. The monoisotopic (exact) mass is 368 g/mol. The van der Waals surface area contributed by atoms with Crippen LogP contribution in [-0.4, -0.2) is 44.7 Å². The fourth-order valence-corrected chi connectivity index (χ4v) is 3.57. The second-order valence-electron chi connectivity index (χ2n) is 6.89. The first-order valence-corrected chi connectivity index (χ1v) is 9.38. The number of nitrogens with zero attached hydrogens (tertiary/aromatic N) is 2. The fraction of sp³-hybridized carbons (Fsp3) is 0.409. The highest BCUT2D eigenvalue weighted by molar-refractivity contribution is 5.82. The highest BCUT2D eigenvalue weighted by Gasteiger charge is 2.24. The molecule has 0 radical (unpaired) electrons. The predicted molar refractivity (Wildman–Crippen MR) is 108 cm³/mol. The summed E-state index contributed by atoms with van der Waals surface area (Å²) in [5.41, 5.74) is 4.65. The number of aryl methyl sites for hydroxylation is 1. The Kier molecular flexibility index (Phi) is 5.89. The number of benzene rings is 2. The Labute approximate surface area is 161 Å². The maximum Gasteiger partial charge on any atom is 0.242 e. The molecule has 0 saturated heterocycles. The third-order valence-electron chi connectivity index (χ3n) is 5.15. The minimum Gasteiger partial charge on any atom is -0.493 e. The summed E-state index contributed by atoms with van der Waals surface area (Å²) in [6.45, 7) is 6.68. The average Bonchev–Trinajstić information content (AvgIpc) is 2.70. The van der Waals surface area contributed by atoms with Gasteiger partial charge >= 0.3 is 0 Å². The van der Waals surface area contributed by atoms with E-state index in [1.54, 1.807) is 14.2 Å². The molecular weight excluding hydrogens is 340 g/mol. The number of hydrogen-bond acceptors (Lipinski definition) is 4. The number of hydrogen-bond donors (Lipinski definition) is 0. The van der Waals surface area contributed by atoms with Gasteiger partial charge in [0.2, 0.25) is 5.91 Å². The second-order valence-corrected chi connectivity index (χ2v) is 6.89. The number of amides is 1. The molecule has 0 saturated carbocycles. The topological polar surface area (TPSA) is 42.0 Å². The lowest BCUT2D eigenvalue weighted by molar-refractivity contribution is -0.130. The van der Waals surface area contributed by atoms with Gasteiger partial charge in [0.15, 0.2) is 11.5 Å². The largest absolute Gasteiger partial charge is 0.493 e. The van der Waals surface area contributed by atoms with E-state index < -0.39 is 0 Å². The van der Waals surface area contributed by atoms with Crippen LogP contribution in [0.1, 0.15) is 23.6 Å². The van der Waals surface area contributed by atoms with Crippen molar-refractivity contribution in [1.29, 1.82) is 0 Å². The van der Waals surface area contributed by atoms with Crippen molar-refractivity contribution in [2.24, 2.45) is 0 Å². The number of rotatable bonds is 6. The van der Waals surface area contributed by atoms with Crippen LogP contribution < -0.4 is 14.4 Å². The number of likely N-dealkylation sites (N-methyl/N-ethyl adjacent to an activating group) is 1. The Morgan fingerprint density at radius 2 is 1.81 bits per heavy atom. The van der Waals surface area contributed by atoms with Gasteiger partial charge in [0.25, 0.3) is 0 Å². The summed E-state index contributed by atoms with van der Waals surface area (Å²) in [4.78, 5) is 17.0. The SMILES string of the molecule is CCN(CC(=O)N1CCc2cc(OC)c(OC)cc2C1)c1cccc(C)c1. The van der Waals surface area contributed by atoms with Crippen LogP contribution in [0.4, 0.5) is 5.69 Å². The summed E-state index contributed by atoms with van der Waals surface area (Å²) in [6, 6.07) is 12.3. The third kappa shape index (κ3) is 4.18. The van der Waals surface area contributed by atoms with Gasteiger partial charge in [-0.25, -0.2) is 0 Å². The summed E-state index contributed by atoms with van der Waals surface area (Å²) >= 11 is 0. The van der Waals surface area contributed by atoms with Crippen LogP contribution in [0.15, 0.2) is 36.4 Å². The summed E-state index contributed by atoms with van der Waals surface area (Å²) in [5, 5.41) is 0. The fourth-order valence-electron chi connectivity index (χ4n) is 3.57. The van der Waals surface area contributed by atoms with Crippen molar-refractivity contribution in [2.45, 2.75) is 26.8 Å². The molecule has 1 aliphatic heterocycles. The van der Waals surface area contributed by atoms with Crippen LogP contribution in [0.3, 0.4) is 0 Å². The first kappa shape index (κ1) is 19.1. The van der Waals surface area contributed by atoms with Crippen LogP contribution in [0.5, 0.6) is 11.5 Å². The minimum atomic E-state index is 0.152. The lowest BCUT2D eigenvalue weighted by Crippen LogP contribution is -2.42. The van der Waals surface area contributed by atoms with Gasteiger partial charge < -0.3 is 19.3 Å². The number of methoxy groups -OCH3 is 2. The Morgan fingerprint density at radius 1 is 1.11 bits per heavy atom. The van der Waals surface area contributed by atoms with Crippen LogP contribution in [0.2, 0.25) is 0 Å². The molecule has 2 aromatic carbocycles. The van der Waals surface area contributed by atoms with Gasteiger partial charge in [-0.1, -0.05) is 12.1 Å². The Bertz CT molecular complexity index is 819. The van der Waals surface area contributed by atoms with Crippen molar-refractivity contribution in [1.82, 2.24) is 4.90 Å². The van der Waals surface area contributed by atoms with Gasteiger partial charge in [-0.15, -0.1) is 0 Å². The number of carbonyl (C=O) groups excluding carboxylic acids is 1. The van der Waals surface area contributed by atoms with E-state index in [0.717, 1.165) is 36.5 Å². The Balaban J connectivity index is 1.73. The molecule has 0 bridgehead atoms. The summed E-state index contributed by atoms with van der Waals surface area (Å²) < 4.78 is 10.8. The summed E-state index contributed by atoms with van der Waals surface area (Å²) in [7, 11) is 3.28. The van der Waals surface area contributed by atoms with E-state index in [-0.39, 0.29) is 5.91 Å². The molecule has 0 spiro atoms. The number of fused-ring (bicyclic) bond motifs is 1. The molecular formula is C22H28N2O3. The first-order chi connectivity index (χ1) is 13.0. The van der Waals surface area contributed by atoms with Crippen LogP contribution in [0, 0.1) is 6.92 Å². The smallest absolute Gasteiger partial charge is 0.242 e. The molecule has 5 nitrogen and oxygen atoms in total. The third-order valence-corrected chi connectivity index (χ3v) is 5.15. The van der Waals surface area contributed by atoms with E-state index in [4.69, 9.17) is 9.47 Å². The van der Waals surface area contributed by atoms with E-state index in [0.29, 0.717) is 18.8 Å². The van der Waals surface area contributed by atoms with Crippen LogP contribution in [0.25, 0.3) is 0 Å². The number of anilines is 1. The second kappa shape index (κ2) is 8.33. The van der Waals surface area contributed by atoms with Crippen LogP contribution in [-0.2, 0) is 17.8 Å². The molecule has 1 aliphatic rings. The van der Waals surface area contributed by atoms with Gasteiger partial charge in [0.05, 0.1) is 20.8 Å². The quantitative estimate of drug-likeness (QED) is 0.783. The van der Waals surface area contributed by atoms with Gasteiger partial charge in [-0.05, 0) is 61.2 Å². The molecule has 5 heteroatoms. The van der Waals surface area contributed by atoms with E-state index in [9.17, 15) is 4.79 Å². The van der Waals surface area contributed by atoms with Crippen molar-refractivity contribution < 1.29 is 14.3 Å². The molecule has 144 valence electrons. The van der Waals surface area contributed by atoms with Crippen LogP contribution >= 0.6 is 0 Å². The standard InChI is InChI=1S/C22H28N2O3/c1-5-23(19-8-6-7-16(2)11-19)15-22(25)24-10-9-17-12-20(26-3)21(27-4)13-18(17)14-24/h6-8,11-13H,5,9-10,14-15H2,1-4H3. The molecule has 1 heterocycles. The van der Waals surface area contributed by atoms with Crippen molar-refractivity contribution in [3.63, 3.8) is 0 Å². The summed E-state index contributed by atoms with van der Waals surface area (Å²) in [6.07, 6.45) is 0.831. The molecule has 0 fully saturated rings. The highest BCUT2D eigenvalue weighted by atomic mass is 16.5. The van der Waals surface area contributed by atoms with E-state index in [2.05, 4.69) is 36.9 Å². The van der Waals surface area contributed by atoms with E-state index >= 15 is 0 Å². The molecule has 0 unspecified atom stereocenters. The van der Waals surface area contributed by atoms with Gasteiger partial charge in [0.1, 0.15) is 0 Å². The van der Waals surface area contributed by atoms with Gasteiger partial charge in [0, 0.05) is 25.3 Å². The summed E-state index contributed by atoms with van der Waals surface area (Å²) in [5.74, 6) is 1.60. The lowest BCUT2D eigenvalue weighted by atomic mass is 9.98.